The van der Waals surface area contributed by atoms with Gasteiger partial charge in [0.15, 0.2) is 0 Å². The number of aromatic nitrogens is 1. The molecule has 0 aliphatic carbocycles. The van der Waals surface area contributed by atoms with E-state index in [1.165, 1.54) is 19.2 Å². The lowest BCUT2D eigenvalue weighted by atomic mass is 10.2. The van der Waals surface area contributed by atoms with Crippen molar-refractivity contribution in [3.8, 4) is 5.75 Å². The highest BCUT2D eigenvalue weighted by molar-refractivity contribution is 6.35. The van der Waals surface area contributed by atoms with Gasteiger partial charge in [-0.15, -0.1) is 0 Å². The van der Waals surface area contributed by atoms with E-state index in [1.807, 2.05) is 0 Å². The van der Waals surface area contributed by atoms with E-state index in [1.54, 1.807) is 6.07 Å². The maximum absolute atomic E-state index is 12.5. The van der Waals surface area contributed by atoms with Crippen LogP contribution in [-0.2, 0) is 6.18 Å². The number of methoxy groups -OCH3 is 1. The molecular formula is C11H7ClF3NO. The van der Waals surface area contributed by atoms with Crippen molar-refractivity contribution in [2.45, 2.75) is 6.18 Å². The largest absolute Gasteiger partial charge is 0.494 e. The normalized spacial score (nSPS) is 11.8. The van der Waals surface area contributed by atoms with E-state index in [2.05, 4.69) is 4.98 Å². The van der Waals surface area contributed by atoms with Crippen LogP contribution in [0.5, 0.6) is 5.75 Å². The van der Waals surface area contributed by atoms with Gasteiger partial charge in [-0.25, -0.2) is 4.98 Å². The first kappa shape index (κ1) is 12.0. The third-order valence-electron chi connectivity index (χ3n) is 2.28. The van der Waals surface area contributed by atoms with Gasteiger partial charge in [0.25, 0.3) is 0 Å². The van der Waals surface area contributed by atoms with E-state index in [0.717, 1.165) is 6.07 Å². The molecule has 1 aromatic heterocycles. The molecule has 0 unspecified atom stereocenters. The molecule has 0 atom stereocenters. The minimum absolute atomic E-state index is 0.106. The summed E-state index contributed by atoms with van der Waals surface area (Å²) >= 11 is 5.88. The van der Waals surface area contributed by atoms with Gasteiger partial charge in [-0.1, -0.05) is 11.6 Å². The lowest BCUT2D eigenvalue weighted by molar-refractivity contribution is -0.140. The lowest BCUT2D eigenvalue weighted by Gasteiger charge is -2.10. The zero-order chi connectivity index (χ0) is 12.6. The van der Waals surface area contributed by atoms with E-state index in [4.69, 9.17) is 16.3 Å². The van der Waals surface area contributed by atoms with E-state index in [9.17, 15) is 13.2 Å². The minimum Gasteiger partial charge on any atom is -0.494 e. The van der Waals surface area contributed by atoms with Gasteiger partial charge < -0.3 is 4.74 Å². The van der Waals surface area contributed by atoms with Gasteiger partial charge in [0.2, 0.25) is 0 Å². The van der Waals surface area contributed by atoms with Crippen molar-refractivity contribution < 1.29 is 17.9 Å². The lowest BCUT2D eigenvalue weighted by Crippen LogP contribution is -2.07. The number of fused-ring (bicyclic) bond motifs is 1. The predicted octanol–water partition coefficient (Wildman–Crippen LogP) is 3.92. The molecule has 0 amide bonds. The van der Waals surface area contributed by atoms with Crippen molar-refractivity contribution in [2.24, 2.45) is 0 Å². The van der Waals surface area contributed by atoms with Gasteiger partial charge in [-0.2, -0.15) is 13.2 Å². The van der Waals surface area contributed by atoms with Gasteiger partial charge in [0.05, 0.1) is 12.1 Å². The van der Waals surface area contributed by atoms with Crippen molar-refractivity contribution in [3.05, 3.63) is 35.0 Å². The van der Waals surface area contributed by atoms with Gasteiger partial charge in [-0.05, 0) is 24.3 Å². The fourth-order valence-corrected chi connectivity index (χ4v) is 1.70. The molecule has 2 rings (SSSR count). The molecular weight excluding hydrogens is 255 g/mol. The Morgan fingerprint density at radius 1 is 1.18 bits per heavy atom. The van der Waals surface area contributed by atoms with Crippen molar-refractivity contribution in [1.82, 2.24) is 4.98 Å². The molecule has 0 N–H and O–H groups in total. The summed E-state index contributed by atoms with van der Waals surface area (Å²) < 4.78 is 42.5. The summed E-state index contributed by atoms with van der Waals surface area (Å²) in [5.41, 5.74) is -0.861. The van der Waals surface area contributed by atoms with Crippen LogP contribution in [-0.4, -0.2) is 12.1 Å². The molecule has 0 fully saturated rings. The van der Waals surface area contributed by atoms with Crippen LogP contribution in [0.25, 0.3) is 10.9 Å². The highest BCUT2D eigenvalue weighted by Gasteiger charge is 2.32. The molecule has 2 aromatic rings. The monoisotopic (exact) mass is 261 g/mol. The highest BCUT2D eigenvalue weighted by atomic mass is 35.5. The molecule has 1 aromatic carbocycles. The second kappa shape index (κ2) is 4.07. The number of hydrogen-bond donors (Lipinski definition) is 0. The standard InChI is InChI=1S/C11H7ClF3NO/c1-17-8-4-3-7(12)6-2-5-9(11(13,14)15)16-10(6)8/h2-5H,1H3. The SMILES string of the molecule is COc1ccc(Cl)c2ccc(C(F)(F)F)nc12. The van der Waals surface area contributed by atoms with Gasteiger partial charge in [-0.3, -0.25) is 0 Å². The van der Waals surface area contributed by atoms with Crippen LogP contribution in [0.2, 0.25) is 5.02 Å². The Balaban J connectivity index is 2.75. The molecule has 90 valence electrons. The Labute approximate surface area is 100.0 Å². The molecule has 0 radical (unpaired) electrons. The van der Waals surface area contributed by atoms with Crippen LogP contribution in [0, 0.1) is 0 Å². The number of halogens is 4. The van der Waals surface area contributed by atoms with E-state index in [0.29, 0.717) is 10.4 Å². The molecule has 6 heteroatoms. The molecule has 0 saturated carbocycles. The van der Waals surface area contributed by atoms with Crippen LogP contribution in [0.15, 0.2) is 24.3 Å². The van der Waals surface area contributed by atoms with Crippen molar-refractivity contribution in [3.63, 3.8) is 0 Å². The summed E-state index contributed by atoms with van der Waals surface area (Å²) in [7, 11) is 1.37. The van der Waals surface area contributed by atoms with E-state index < -0.39 is 11.9 Å². The molecule has 2 nitrogen and oxygen atoms in total. The van der Waals surface area contributed by atoms with Crippen LogP contribution < -0.4 is 4.74 Å². The second-order valence-corrected chi connectivity index (χ2v) is 3.75. The predicted molar refractivity (Wildman–Crippen MR) is 58.3 cm³/mol. The molecule has 17 heavy (non-hydrogen) atoms. The zero-order valence-corrected chi connectivity index (χ0v) is 9.43. The first-order valence-corrected chi connectivity index (χ1v) is 5.01. The average molecular weight is 262 g/mol. The average Bonchev–Trinajstić information content (AvgIpc) is 2.28. The third kappa shape index (κ3) is 2.15. The quantitative estimate of drug-likeness (QED) is 0.776. The Morgan fingerprint density at radius 3 is 2.47 bits per heavy atom. The third-order valence-corrected chi connectivity index (χ3v) is 2.61. The Bertz CT molecular complexity index is 568. The topological polar surface area (TPSA) is 22.1 Å². The molecule has 0 saturated heterocycles. The zero-order valence-electron chi connectivity index (χ0n) is 8.68. The van der Waals surface area contributed by atoms with Crippen molar-refractivity contribution >= 4 is 22.5 Å². The van der Waals surface area contributed by atoms with Crippen LogP contribution in [0.1, 0.15) is 5.69 Å². The Hall–Kier alpha value is -1.49. The molecule has 0 spiro atoms. The van der Waals surface area contributed by atoms with E-state index in [-0.39, 0.29) is 11.3 Å². The molecule has 0 aliphatic rings. The van der Waals surface area contributed by atoms with Crippen LogP contribution in [0.4, 0.5) is 13.2 Å². The van der Waals surface area contributed by atoms with Crippen LogP contribution in [0.3, 0.4) is 0 Å². The second-order valence-electron chi connectivity index (χ2n) is 3.34. The molecule has 0 bridgehead atoms. The summed E-state index contributed by atoms with van der Waals surface area (Å²) in [6, 6.07) is 5.22. The van der Waals surface area contributed by atoms with Crippen molar-refractivity contribution in [1.29, 1.82) is 0 Å². The van der Waals surface area contributed by atoms with Gasteiger partial charge in [0.1, 0.15) is 17.0 Å². The number of benzene rings is 1. The number of alkyl halides is 3. The Morgan fingerprint density at radius 2 is 1.88 bits per heavy atom. The maximum Gasteiger partial charge on any atom is 0.433 e. The minimum atomic E-state index is -4.48. The summed E-state index contributed by atoms with van der Waals surface area (Å²) in [5, 5.41) is 0.765. The number of pyridine rings is 1. The first-order chi connectivity index (χ1) is 7.93. The number of nitrogens with zero attached hydrogens (tertiary/aromatic N) is 1. The van der Waals surface area contributed by atoms with Crippen LogP contribution >= 0.6 is 11.6 Å². The number of hydrogen-bond acceptors (Lipinski definition) is 2. The smallest absolute Gasteiger partial charge is 0.433 e. The van der Waals surface area contributed by atoms with Gasteiger partial charge >= 0.3 is 6.18 Å². The maximum atomic E-state index is 12.5. The summed E-state index contributed by atoms with van der Waals surface area (Å²) in [5.74, 6) is 0.260. The van der Waals surface area contributed by atoms with Gasteiger partial charge in [0, 0.05) is 5.39 Å². The molecule has 1 heterocycles. The number of ether oxygens (including phenoxy) is 1. The molecule has 0 aliphatic heterocycles. The summed E-state index contributed by atoms with van der Waals surface area (Å²) in [6.45, 7) is 0. The summed E-state index contributed by atoms with van der Waals surface area (Å²) in [4.78, 5) is 3.54. The number of rotatable bonds is 1. The fraction of sp³-hybridized carbons (Fsp3) is 0.182. The summed E-state index contributed by atoms with van der Waals surface area (Å²) in [6.07, 6.45) is -4.48. The fourth-order valence-electron chi connectivity index (χ4n) is 1.48. The Kier molecular flexibility index (Phi) is 2.87. The van der Waals surface area contributed by atoms with E-state index >= 15 is 0 Å². The highest BCUT2D eigenvalue weighted by Crippen LogP contribution is 2.34. The van der Waals surface area contributed by atoms with Crippen molar-refractivity contribution in [2.75, 3.05) is 7.11 Å². The first-order valence-electron chi connectivity index (χ1n) is 4.64.